The molecule has 0 aliphatic carbocycles. The van der Waals surface area contributed by atoms with Gasteiger partial charge in [0, 0.05) is 12.2 Å². The van der Waals surface area contributed by atoms with Crippen LogP contribution in [-0.2, 0) is 5.41 Å². The number of anilines is 1. The van der Waals surface area contributed by atoms with Gasteiger partial charge in [-0.15, -0.1) is 0 Å². The SMILES string of the molecule is CNCCCCNc1ccc(C(C)(C)C)cc1C. The lowest BCUT2D eigenvalue weighted by molar-refractivity contribution is 0.590. The molecule has 1 rings (SSSR count). The molecule has 0 aromatic heterocycles. The van der Waals surface area contributed by atoms with Crippen molar-refractivity contribution in [3.8, 4) is 0 Å². The number of benzene rings is 1. The van der Waals surface area contributed by atoms with Crippen molar-refractivity contribution in [2.24, 2.45) is 0 Å². The molecular formula is C16H28N2. The molecule has 102 valence electrons. The molecule has 2 heteroatoms. The number of aryl methyl sites for hydroxylation is 1. The standard InChI is InChI=1S/C16H28N2/c1-13-12-14(16(2,3)4)8-9-15(13)18-11-7-6-10-17-5/h8-9,12,17-18H,6-7,10-11H2,1-5H3. The van der Waals surface area contributed by atoms with Gasteiger partial charge in [-0.1, -0.05) is 32.9 Å². The second-order valence-electron chi connectivity index (χ2n) is 6.02. The molecule has 1 aromatic carbocycles. The van der Waals surface area contributed by atoms with Crippen molar-refractivity contribution >= 4 is 5.69 Å². The maximum Gasteiger partial charge on any atom is 0.0370 e. The summed E-state index contributed by atoms with van der Waals surface area (Å²) in [4.78, 5) is 0. The van der Waals surface area contributed by atoms with Crippen LogP contribution in [0.5, 0.6) is 0 Å². The summed E-state index contributed by atoms with van der Waals surface area (Å²) in [6.07, 6.45) is 2.43. The molecule has 2 N–H and O–H groups in total. The molecule has 18 heavy (non-hydrogen) atoms. The highest BCUT2D eigenvalue weighted by atomic mass is 14.9. The zero-order chi connectivity index (χ0) is 13.6. The molecule has 0 saturated heterocycles. The Hall–Kier alpha value is -1.02. The molecular weight excluding hydrogens is 220 g/mol. The van der Waals surface area contributed by atoms with Gasteiger partial charge in [0.05, 0.1) is 0 Å². The highest BCUT2D eigenvalue weighted by molar-refractivity contribution is 5.52. The van der Waals surface area contributed by atoms with Crippen molar-refractivity contribution in [2.75, 3.05) is 25.5 Å². The number of rotatable bonds is 6. The van der Waals surface area contributed by atoms with Gasteiger partial charge in [0.2, 0.25) is 0 Å². The number of unbranched alkanes of at least 4 members (excludes halogenated alkanes) is 1. The third-order valence-electron chi connectivity index (χ3n) is 3.26. The van der Waals surface area contributed by atoms with E-state index >= 15 is 0 Å². The third-order valence-corrected chi connectivity index (χ3v) is 3.26. The van der Waals surface area contributed by atoms with Crippen LogP contribution in [0, 0.1) is 6.92 Å². The first-order chi connectivity index (χ1) is 8.45. The average Bonchev–Trinajstić information content (AvgIpc) is 2.29. The molecule has 0 spiro atoms. The van der Waals surface area contributed by atoms with E-state index in [2.05, 4.69) is 56.5 Å². The fourth-order valence-corrected chi connectivity index (χ4v) is 1.98. The summed E-state index contributed by atoms with van der Waals surface area (Å²) in [6.45, 7) is 11.1. The van der Waals surface area contributed by atoms with Crippen LogP contribution in [0.25, 0.3) is 0 Å². The van der Waals surface area contributed by atoms with Crippen molar-refractivity contribution in [3.63, 3.8) is 0 Å². The maximum absolute atomic E-state index is 3.52. The molecule has 0 saturated carbocycles. The van der Waals surface area contributed by atoms with E-state index in [0.29, 0.717) is 0 Å². The first-order valence-corrected chi connectivity index (χ1v) is 6.95. The Morgan fingerprint density at radius 3 is 2.28 bits per heavy atom. The van der Waals surface area contributed by atoms with E-state index in [9.17, 15) is 0 Å². The molecule has 0 unspecified atom stereocenters. The van der Waals surface area contributed by atoms with Gasteiger partial charge in [0.1, 0.15) is 0 Å². The van der Waals surface area contributed by atoms with Crippen molar-refractivity contribution in [3.05, 3.63) is 29.3 Å². The summed E-state index contributed by atoms with van der Waals surface area (Å²) < 4.78 is 0. The lowest BCUT2D eigenvalue weighted by Gasteiger charge is -2.21. The van der Waals surface area contributed by atoms with Crippen LogP contribution in [0.3, 0.4) is 0 Å². The number of nitrogens with one attached hydrogen (secondary N) is 2. The van der Waals surface area contributed by atoms with Gasteiger partial charge in [-0.05, 0) is 56.0 Å². The van der Waals surface area contributed by atoms with Gasteiger partial charge in [-0.25, -0.2) is 0 Å². The number of hydrogen-bond donors (Lipinski definition) is 2. The Balaban J connectivity index is 2.53. The smallest absolute Gasteiger partial charge is 0.0370 e. The third kappa shape index (κ3) is 4.69. The molecule has 0 radical (unpaired) electrons. The lowest BCUT2D eigenvalue weighted by Crippen LogP contribution is -2.12. The molecule has 0 fully saturated rings. The monoisotopic (exact) mass is 248 g/mol. The van der Waals surface area contributed by atoms with Crippen molar-refractivity contribution in [1.29, 1.82) is 0 Å². The zero-order valence-corrected chi connectivity index (χ0v) is 12.6. The summed E-state index contributed by atoms with van der Waals surface area (Å²) in [5, 5.41) is 6.70. The quantitative estimate of drug-likeness (QED) is 0.750. The van der Waals surface area contributed by atoms with Gasteiger partial charge < -0.3 is 10.6 Å². The van der Waals surface area contributed by atoms with E-state index < -0.39 is 0 Å². The average molecular weight is 248 g/mol. The van der Waals surface area contributed by atoms with Gasteiger partial charge in [0.15, 0.2) is 0 Å². The highest BCUT2D eigenvalue weighted by Crippen LogP contribution is 2.26. The van der Waals surface area contributed by atoms with Crippen LogP contribution >= 0.6 is 0 Å². The van der Waals surface area contributed by atoms with Crippen LogP contribution in [0.1, 0.15) is 44.7 Å². The van der Waals surface area contributed by atoms with Crippen LogP contribution in [-0.4, -0.2) is 20.1 Å². The van der Waals surface area contributed by atoms with Crippen LogP contribution in [0.2, 0.25) is 0 Å². The van der Waals surface area contributed by atoms with E-state index in [4.69, 9.17) is 0 Å². The molecule has 0 heterocycles. The molecule has 1 aromatic rings. The Morgan fingerprint density at radius 1 is 1.06 bits per heavy atom. The van der Waals surface area contributed by atoms with Crippen molar-refractivity contribution < 1.29 is 0 Å². The first kappa shape index (κ1) is 15.0. The zero-order valence-electron chi connectivity index (χ0n) is 12.6. The fraction of sp³-hybridized carbons (Fsp3) is 0.625. The molecule has 0 aliphatic rings. The highest BCUT2D eigenvalue weighted by Gasteiger charge is 2.14. The Labute approximate surface area is 112 Å². The maximum atomic E-state index is 3.52. The molecule has 2 nitrogen and oxygen atoms in total. The molecule has 0 atom stereocenters. The predicted molar refractivity (Wildman–Crippen MR) is 81.5 cm³/mol. The Morgan fingerprint density at radius 2 is 1.72 bits per heavy atom. The van der Waals surface area contributed by atoms with E-state index in [1.54, 1.807) is 0 Å². The van der Waals surface area contributed by atoms with Crippen molar-refractivity contribution in [2.45, 2.75) is 46.0 Å². The van der Waals surface area contributed by atoms with Gasteiger partial charge in [-0.3, -0.25) is 0 Å². The molecule has 0 aliphatic heterocycles. The summed E-state index contributed by atoms with van der Waals surface area (Å²) >= 11 is 0. The first-order valence-electron chi connectivity index (χ1n) is 6.95. The van der Waals surface area contributed by atoms with E-state index in [1.807, 2.05) is 7.05 Å². The second kappa shape index (κ2) is 6.79. The minimum Gasteiger partial charge on any atom is -0.385 e. The minimum atomic E-state index is 0.232. The van der Waals surface area contributed by atoms with Gasteiger partial charge in [-0.2, -0.15) is 0 Å². The van der Waals surface area contributed by atoms with Gasteiger partial charge in [0.25, 0.3) is 0 Å². The predicted octanol–water partition coefficient (Wildman–Crippen LogP) is 3.70. The Kier molecular flexibility index (Phi) is 5.67. The lowest BCUT2D eigenvalue weighted by atomic mass is 9.86. The number of hydrogen-bond acceptors (Lipinski definition) is 2. The topological polar surface area (TPSA) is 24.1 Å². The summed E-state index contributed by atoms with van der Waals surface area (Å²) in [5.74, 6) is 0. The van der Waals surface area contributed by atoms with E-state index in [-0.39, 0.29) is 5.41 Å². The molecule has 0 amide bonds. The second-order valence-corrected chi connectivity index (χ2v) is 6.02. The normalized spacial score (nSPS) is 11.6. The largest absolute Gasteiger partial charge is 0.385 e. The van der Waals surface area contributed by atoms with E-state index in [0.717, 1.165) is 13.1 Å². The summed E-state index contributed by atoms with van der Waals surface area (Å²) in [5.41, 5.74) is 4.25. The minimum absolute atomic E-state index is 0.232. The van der Waals surface area contributed by atoms with E-state index in [1.165, 1.54) is 29.7 Å². The van der Waals surface area contributed by atoms with Crippen LogP contribution < -0.4 is 10.6 Å². The molecule has 0 bridgehead atoms. The fourth-order valence-electron chi connectivity index (χ4n) is 1.98. The van der Waals surface area contributed by atoms with Crippen LogP contribution in [0.4, 0.5) is 5.69 Å². The van der Waals surface area contributed by atoms with Crippen molar-refractivity contribution in [1.82, 2.24) is 5.32 Å². The summed E-state index contributed by atoms with van der Waals surface area (Å²) in [6, 6.07) is 6.76. The Bertz CT molecular complexity index is 364. The van der Waals surface area contributed by atoms with Crippen LogP contribution in [0.15, 0.2) is 18.2 Å². The summed E-state index contributed by atoms with van der Waals surface area (Å²) in [7, 11) is 2.00. The van der Waals surface area contributed by atoms with Gasteiger partial charge >= 0.3 is 0 Å².